The molecule has 138 valence electrons. The Morgan fingerprint density at radius 3 is 2.62 bits per heavy atom. The topological polar surface area (TPSA) is 43.8 Å². The maximum absolute atomic E-state index is 13.1. The Bertz CT molecular complexity index is 816. The van der Waals surface area contributed by atoms with E-state index in [4.69, 9.17) is 23.2 Å². The monoisotopic (exact) mass is 410 g/mol. The minimum absolute atomic E-state index is 0.319. The molecule has 2 atom stereocenters. The van der Waals surface area contributed by atoms with Crippen LogP contribution in [0.25, 0.3) is 0 Å². The molecule has 7 heteroatoms. The average molecular weight is 411 g/mol. The number of aliphatic hydroxyl groups is 1. The minimum atomic E-state index is -1.20. The summed E-state index contributed by atoms with van der Waals surface area (Å²) in [5, 5.41) is 11.3. The Morgan fingerprint density at radius 1 is 1.19 bits per heavy atom. The number of halogens is 2. The van der Waals surface area contributed by atoms with Crippen LogP contribution in [0.1, 0.15) is 10.8 Å². The van der Waals surface area contributed by atoms with Crippen LogP contribution in [-0.4, -0.2) is 49.2 Å². The lowest BCUT2D eigenvalue weighted by molar-refractivity contribution is -0.126. The van der Waals surface area contributed by atoms with E-state index in [0.717, 1.165) is 10.6 Å². The molecular weight excluding hydrogens is 391 g/mol. The van der Waals surface area contributed by atoms with Crippen LogP contribution >= 0.6 is 35.0 Å². The van der Waals surface area contributed by atoms with Gasteiger partial charge in [-0.15, -0.1) is 11.8 Å². The van der Waals surface area contributed by atoms with Crippen LogP contribution < -0.4 is 4.90 Å². The Morgan fingerprint density at radius 2 is 1.92 bits per heavy atom. The molecule has 0 bridgehead atoms. The van der Waals surface area contributed by atoms with Gasteiger partial charge in [-0.3, -0.25) is 4.79 Å². The summed E-state index contributed by atoms with van der Waals surface area (Å²) in [6, 6.07) is 12.8. The van der Waals surface area contributed by atoms with Crippen molar-refractivity contribution in [1.82, 2.24) is 4.90 Å². The molecule has 0 spiro atoms. The van der Waals surface area contributed by atoms with Crippen LogP contribution in [0.4, 0.5) is 5.69 Å². The summed E-state index contributed by atoms with van der Waals surface area (Å²) in [4.78, 5) is 17.7. The van der Waals surface area contributed by atoms with Crippen molar-refractivity contribution in [3.63, 3.8) is 0 Å². The quantitative estimate of drug-likeness (QED) is 0.823. The third-order valence-electron chi connectivity index (χ3n) is 4.26. The first-order valence-electron chi connectivity index (χ1n) is 8.23. The molecule has 2 aromatic carbocycles. The molecule has 0 aliphatic carbocycles. The number of hydrogen-bond donors (Lipinski definition) is 1. The van der Waals surface area contributed by atoms with E-state index >= 15 is 0 Å². The van der Waals surface area contributed by atoms with Crippen LogP contribution in [0.5, 0.6) is 0 Å². The van der Waals surface area contributed by atoms with E-state index in [2.05, 4.69) is 0 Å². The Hall–Kier alpha value is -1.24. The molecule has 0 radical (unpaired) electrons. The molecular formula is C19H20Cl2N2O2S. The van der Waals surface area contributed by atoms with Gasteiger partial charge in [0.15, 0.2) is 0 Å². The highest BCUT2D eigenvalue weighted by molar-refractivity contribution is 7.99. The lowest BCUT2D eigenvalue weighted by Crippen LogP contribution is -2.43. The lowest BCUT2D eigenvalue weighted by Gasteiger charge is -2.26. The first-order chi connectivity index (χ1) is 12.4. The normalized spacial score (nSPS) is 20.2. The Labute approximate surface area is 167 Å². The van der Waals surface area contributed by atoms with E-state index in [-0.39, 0.29) is 5.91 Å². The highest BCUT2D eigenvalue weighted by atomic mass is 35.5. The van der Waals surface area contributed by atoms with Crippen molar-refractivity contribution < 1.29 is 9.90 Å². The van der Waals surface area contributed by atoms with E-state index < -0.39 is 11.4 Å². The van der Waals surface area contributed by atoms with E-state index in [1.165, 1.54) is 11.8 Å². The number of benzene rings is 2. The van der Waals surface area contributed by atoms with Gasteiger partial charge in [0.2, 0.25) is 0 Å². The maximum atomic E-state index is 13.1. The van der Waals surface area contributed by atoms with Gasteiger partial charge in [0.25, 0.3) is 5.91 Å². The van der Waals surface area contributed by atoms with E-state index in [1.807, 2.05) is 43.3 Å². The zero-order valence-electron chi connectivity index (χ0n) is 14.5. The molecule has 3 rings (SSSR count). The fraction of sp³-hybridized carbons (Fsp3) is 0.316. The number of thioether (sulfide) groups is 1. The van der Waals surface area contributed by atoms with Crippen LogP contribution in [-0.2, 0) is 4.79 Å². The molecule has 26 heavy (non-hydrogen) atoms. The number of nitrogens with zero attached hydrogens (tertiary/aromatic N) is 2. The number of carbonyl (C=O) groups excluding carboxylic acids is 1. The number of carbonyl (C=O) groups is 1. The van der Waals surface area contributed by atoms with Gasteiger partial charge in [-0.05, 0) is 43.9 Å². The zero-order valence-corrected chi connectivity index (χ0v) is 16.9. The second-order valence-corrected chi connectivity index (χ2v) is 8.44. The van der Waals surface area contributed by atoms with Crippen molar-refractivity contribution in [3.05, 3.63) is 58.1 Å². The van der Waals surface area contributed by atoms with E-state index in [9.17, 15) is 9.90 Å². The fourth-order valence-electron chi connectivity index (χ4n) is 2.89. The SMILES string of the molecule is CN(C)CCN1C(=O)C(O)C(c2ccc(Cl)cc2Cl)Sc2ccccc21. The van der Waals surface area contributed by atoms with Gasteiger partial charge in [-0.25, -0.2) is 0 Å². The fourth-order valence-corrected chi connectivity index (χ4v) is 4.78. The number of hydrogen-bond acceptors (Lipinski definition) is 4. The summed E-state index contributed by atoms with van der Waals surface area (Å²) in [5.74, 6) is -0.319. The van der Waals surface area contributed by atoms with Crippen molar-refractivity contribution >= 4 is 46.6 Å². The lowest BCUT2D eigenvalue weighted by atomic mass is 10.1. The van der Waals surface area contributed by atoms with Gasteiger partial charge in [-0.1, -0.05) is 41.4 Å². The molecule has 1 N–H and O–H groups in total. The Kier molecular flexibility index (Phi) is 6.15. The summed E-state index contributed by atoms with van der Waals surface area (Å²) in [5.41, 5.74) is 1.52. The van der Waals surface area contributed by atoms with Crippen LogP contribution in [0.2, 0.25) is 10.0 Å². The average Bonchev–Trinajstić information content (AvgIpc) is 2.69. The summed E-state index contributed by atoms with van der Waals surface area (Å²) < 4.78 is 0. The predicted molar refractivity (Wildman–Crippen MR) is 108 cm³/mol. The van der Waals surface area contributed by atoms with Crippen molar-refractivity contribution in [2.75, 3.05) is 32.1 Å². The maximum Gasteiger partial charge on any atom is 0.257 e. The van der Waals surface area contributed by atoms with Gasteiger partial charge >= 0.3 is 0 Å². The molecule has 0 saturated carbocycles. The standard InChI is InChI=1S/C19H20Cl2N2O2S/c1-22(2)9-10-23-15-5-3-4-6-16(15)26-18(17(24)19(23)25)13-8-7-12(20)11-14(13)21/h3-8,11,17-18,24H,9-10H2,1-2H3. The summed E-state index contributed by atoms with van der Waals surface area (Å²) in [6.07, 6.45) is -1.20. The molecule has 4 nitrogen and oxygen atoms in total. The van der Waals surface area contributed by atoms with Crippen molar-refractivity contribution in [3.8, 4) is 0 Å². The first-order valence-corrected chi connectivity index (χ1v) is 9.87. The Balaban J connectivity index is 2.03. The number of fused-ring (bicyclic) bond motifs is 1. The second-order valence-electron chi connectivity index (χ2n) is 6.41. The molecule has 1 aliphatic heterocycles. The van der Waals surface area contributed by atoms with Gasteiger partial charge in [0, 0.05) is 28.0 Å². The smallest absolute Gasteiger partial charge is 0.257 e. The molecule has 1 amide bonds. The van der Waals surface area contributed by atoms with Crippen molar-refractivity contribution in [1.29, 1.82) is 0 Å². The number of anilines is 1. The van der Waals surface area contributed by atoms with Gasteiger partial charge in [0.1, 0.15) is 6.10 Å². The van der Waals surface area contributed by atoms with Crippen molar-refractivity contribution in [2.24, 2.45) is 0 Å². The summed E-state index contributed by atoms with van der Waals surface area (Å²) >= 11 is 13.8. The van der Waals surface area contributed by atoms with Crippen molar-refractivity contribution in [2.45, 2.75) is 16.2 Å². The predicted octanol–water partition coefficient (Wildman–Crippen LogP) is 4.10. The molecule has 2 unspecified atom stereocenters. The van der Waals surface area contributed by atoms with Crippen LogP contribution in [0.15, 0.2) is 47.4 Å². The number of aliphatic hydroxyl groups excluding tert-OH is 1. The minimum Gasteiger partial charge on any atom is -0.382 e. The largest absolute Gasteiger partial charge is 0.382 e. The summed E-state index contributed by atoms with van der Waals surface area (Å²) in [6.45, 7) is 1.20. The van der Waals surface area contributed by atoms with Gasteiger partial charge < -0.3 is 14.9 Å². The van der Waals surface area contributed by atoms with Crippen LogP contribution in [0, 0.1) is 0 Å². The number of para-hydroxylation sites is 1. The zero-order chi connectivity index (χ0) is 18.8. The van der Waals surface area contributed by atoms with Crippen LogP contribution in [0.3, 0.4) is 0 Å². The second kappa shape index (κ2) is 8.19. The molecule has 1 aliphatic rings. The third-order valence-corrected chi connectivity index (χ3v) is 6.18. The highest BCUT2D eigenvalue weighted by Crippen LogP contribution is 2.47. The third kappa shape index (κ3) is 4.02. The number of likely N-dealkylation sites (N-methyl/N-ethyl adjacent to an activating group) is 1. The number of amides is 1. The van der Waals surface area contributed by atoms with E-state index in [0.29, 0.717) is 28.7 Å². The molecule has 0 aromatic heterocycles. The van der Waals surface area contributed by atoms with Gasteiger partial charge in [-0.2, -0.15) is 0 Å². The first kappa shape index (κ1) is 19.5. The van der Waals surface area contributed by atoms with Gasteiger partial charge in [0.05, 0.1) is 10.9 Å². The molecule has 0 fully saturated rings. The molecule has 1 heterocycles. The molecule has 0 saturated heterocycles. The number of rotatable bonds is 4. The molecule has 2 aromatic rings. The highest BCUT2D eigenvalue weighted by Gasteiger charge is 2.37. The summed E-state index contributed by atoms with van der Waals surface area (Å²) in [7, 11) is 3.91. The van der Waals surface area contributed by atoms with E-state index in [1.54, 1.807) is 23.1 Å².